The first-order valence-corrected chi connectivity index (χ1v) is 9.76. The number of carbonyl (C=O) groups is 1. The van der Waals surface area contributed by atoms with Crippen LogP contribution in [0.5, 0.6) is 17.2 Å². The van der Waals surface area contributed by atoms with Gasteiger partial charge in [-0.2, -0.15) is 9.78 Å². The van der Waals surface area contributed by atoms with Gasteiger partial charge in [-0.25, -0.2) is 0 Å². The molecule has 1 aromatic heterocycles. The first kappa shape index (κ1) is 20.9. The second kappa shape index (κ2) is 8.81. The van der Waals surface area contributed by atoms with E-state index in [0.717, 1.165) is 0 Å². The maximum Gasteiger partial charge on any atom is 0.279 e. The van der Waals surface area contributed by atoms with E-state index in [0.29, 0.717) is 39.4 Å². The minimum atomic E-state index is -0.492. The highest BCUT2D eigenvalue weighted by atomic mass is 16.5. The van der Waals surface area contributed by atoms with Crippen LogP contribution in [0.1, 0.15) is 10.5 Å². The Morgan fingerprint density at radius 1 is 0.844 bits per heavy atom. The molecule has 0 fully saturated rings. The monoisotopic (exact) mass is 431 g/mol. The van der Waals surface area contributed by atoms with E-state index in [4.69, 9.17) is 14.2 Å². The van der Waals surface area contributed by atoms with Crippen molar-refractivity contribution < 1.29 is 19.0 Å². The summed E-state index contributed by atoms with van der Waals surface area (Å²) in [4.78, 5) is 26.5. The lowest BCUT2D eigenvalue weighted by atomic mass is 10.1. The number of hydrogen-bond donors (Lipinski definition) is 1. The Morgan fingerprint density at radius 2 is 1.53 bits per heavy atom. The second-order valence-electron chi connectivity index (χ2n) is 6.80. The smallest absolute Gasteiger partial charge is 0.279 e. The van der Waals surface area contributed by atoms with Gasteiger partial charge in [0.15, 0.2) is 5.69 Å². The molecule has 1 amide bonds. The van der Waals surface area contributed by atoms with Crippen LogP contribution < -0.4 is 25.1 Å². The van der Waals surface area contributed by atoms with Crippen molar-refractivity contribution in [2.75, 3.05) is 26.6 Å². The van der Waals surface area contributed by atoms with E-state index >= 15 is 0 Å². The Morgan fingerprint density at radius 3 is 2.25 bits per heavy atom. The summed E-state index contributed by atoms with van der Waals surface area (Å²) in [5, 5.41) is 8.03. The van der Waals surface area contributed by atoms with Crippen LogP contribution in [-0.4, -0.2) is 37.0 Å². The number of para-hydroxylation sites is 2. The van der Waals surface area contributed by atoms with E-state index < -0.39 is 5.91 Å². The summed E-state index contributed by atoms with van der Waals surface area (Å²) in [5.41, 5.74) is 0.605. The molecule has 1 heterocycles. The van der Waals surface area contributed by atoms with Crippen LogP contribution in [0, 0.1) is 0 Å². The number of anilines is 1. The van der Waals surface area contributed by atoms with Crippen LogP contribution in [0.3, 0.4) is 0 Å². The summed E-state index contributed by atoms with van der Waals surface area (Å²) in [6.45, 7) is 0. The van der Waals surface area contributed by atoms with Crippen LogP contribution in [0.2, 0.25) is 0 Å². The van der Waals surface area contributed by atoms with E-state index in [9.17, 15) is 9.59 Å². The third kappa shape index (κ3) is 3.74. The van der Waals surface area contributed by atoms with Crippen molar-refractivity contribution in [3.8, 4) is 22.9 Å². The topological polar surface area (TPSA) is 91.7 Å². The number of ether oxygens (including phenoxy) is 3. The van der Waals surface area contributed by atoms with Crippen molar-refractivity contribution in [2.45, 2.75) is 0 Å². The van der Waals surface area contributed by atoms with E-state index in [1.54, 1.807) is 73.8 Å². The van der Waals surface area contributed by atoms with Crippen molar-refractivity contribution in [1.29, 1.82) is 0 Å². The first-order valence-electron chi connectivity index (χ1n) is 9.76. The Hall–Kier alpha value is -4.33. The average molecular weight is 431 g/mol. The zero-order valence-electron chi connectivity index (χ0n) is 17.8. The summed E-state index contributed by atoms with van der Waals surface area (Å²) < 4.78 is 17.1. The van der Waals surface area contributed by atoms with Gasteiger partial charge in [0.1, 0.15) is 22.9 Å². The van der Waals surface area contributed by atoms with Crippen LogP contribution in [0.15, 0.2) is 71.5 Å². The fraction of sp³-hybridized carbons (Fsp3) is 0.125. The van der Waals surface area contributed by atoms with Crippen molar-refractivity contribution in [2.24, 2.45) is 0 Å². The van der Waals surface area contributed by atoms with Gasteiger partial charge in [-0.3, -0.25) is 9.59 Å². The molecule has 0 saturated carbocycles. The van der Waals surface area contributed by atoms with E-state index in [1.807, 2.05) is 0 Å². The fourth-order valence-corrected chi connectivity index (χ4v) is 3.41. The summed E-state index contributed by atoms with van der Waals surface area (Å²) in [6, 6.07) is 18.9. The standard InChI is InChI=1S/C24H21N3O5/c1-30-15-12-13-18(21(14-15)32-3)25-23(28)22-16-8-4-5-9-17(16)24(29)27(26-22)19-10-6-7-11-20(19)31-2/h4-14H,1-3H3,(H,25,28). The molecule has 0 spiro atoms. The molecular formula is C24H21N3O5. The SMILES string of the molecule is COc1ccc(NC(=O)c2nn(-c3ccccc3OC)c(=O)c3ccccc23)c(OC)c1. The molecule has 4 rings (SSSR count). The van der Waals surface area contributed by atoms with Gasteiger partial charge in [0.05, 0.1) is 32.4 Å². The molecule has 162 valence electrons. The maximum absolute atomic E-state index is 13.3. The lowest BCUT2D eigenvalue weighted by Crippen LogP contribution is -2.27. The molecule has 0 aliphatic rings. The van der Waals surface area contributed by atoms with Crippen LogP contribution >= 0.6 is 0 Å². The lowest BCUT2D eigenvalue weighted by Gasteiger charge is -2.14. The van der Waals surface area contributed by atoms with Gasteiger partial charge >= 0.3 is 0 Å². The van der Waals surface area contributed by atoms with Gasteiger partial charge in [0.2, 0.25) is 0 Å². The largest absolute Gasteiger partial charge is 0.497 e. The number of benzene rings is 3. The molecule has 1 N–H and O–H groups in total. The molecule has 0 aliphatic carbocycles. The zero-order chi connectivity index (χ0) is 22.7. The molecule has 8 heteroatoms. The van der Waals surface area contributed by atoms with E-state index in [-0.39, 0.29) is 11.3 Å². The summed E-state index contributed by atoms with van der Waals surface area (Å²) in [6.07, 6.45) is 0. The molecule has 3 aromatic carbocycles. The van der Waals surface area contributed by atoms with Crippen LogP contribution in [-0.2, 0) is 0 Å². The summed E-state index contributed by atoms with van der Waals surface area (Å²) in [5.74, 6) is 0.988. The highest BCUT2D eigenvalue weighted by molar-refractivity contribution is 6.11. The minimum Gasteiger partial charge on any atom is -0.497 e. The molecule has 32 heavy (non-hydrogen) atoms. The average Bonchev–Trinajstić information content (AvgIpc) is 2.84. The predicted molar refractivity (Wildman–Crippen MR) is 121 cm³/mol. The van der Waals surface area contributed by atoms with Crippen molar-refractivity contribution in [3.63, 3.8) is 0 Å². The number of aromatic nitrogens is 2. The number of fused-ring (bicyclic) bond motifs is 1. The first-order chi connectivity index (χ1) is 15.6. The molecule has 0 bridgehead atoms. The Labute approximate surface area is 184 Å². The summed E-state index contributed by atoms with van der Waals surface area (Å²) in [7, 11) is 4.55. The Kier molecular flexibility index (Phi) is 5.76. The van der Waals surface area contributed by atoms with Gasteiger partial charge in [-0.05, 0) is 30.3 Å². The highest BCUT2D eigenvalue weighted by Gasteiger charge is 2.20. The molecule has 0 saturated heterocycles. The van der Waals surface area contributed by atoms with Crippen LogP contribution in [0.25, 0.3) is 16.5 Å². The molecule has 0 atom stereocenters. The summed E-state index contributed by atoms with van der Waals surface area (Å²) >= 11 is 0. The number of carbonyl (C=O) groups excluding carboxylic acids is 1. The van der Waals surface area contributed by atoms with E-state index in [2.05, 4.69) is 10.4 Å². The number of hydrogen-bond acceptors (Lipinski definition) is 6. The van der Waals surface area contributed by atoms with Crippen molar-refractivity contribution >= 4 is 22.4 Å². The number of nitrogens with zero attached hydrogens (tertiary/aromatic N) is 2. The van der Waals surface area contributed by atoms with Gasteiger partial charge in [0, 0.05) is 11.5 Å². The second-order valence-corrected chi connectivity index (χ2v) is 6.80. The third-order valence-electron chi connectivity index (χ3n) is 4.99. The van der Waals surface area contributed by atoms with Crippen LogP contribution in [0.4, 0.5) is 5.69 Å². The molecule has 8 nitrogen and oxygen atoms in total. The molecule has 0 unspecified atom stereocenters. The van der Waals surface area contributed by atoms with Crippen molar-refractivity contribution in [3.05, 3.63) is 82.8 Å². The molecule has 0 aliphatic heterocycles. The highest BCUT2D eigenvalue weighted by Crippen LogP contribution is 2.30. The number of nitrogens with one attached hydrogen (secondary N) is 1. The molecule has 4 aromatic rings. The lowest BCUT2D eigenvalue weighted by molar-refractivity contribution is 0.102. The normalized spacial score (nSPS) is 10.6. The number of amides is 1. The van der Waals surface area contributed by atoms with Crippen molar-refractivity contribution in [1.82, 2.24) is 9.78 Å². The van der Waals surface area contributed by atoms with Gasteiger partial charge < -0.3 is 19.5 Å². The maximum atomic E-state index is 13.3. The van der Waals surface area contributed by atoms with E-state index in [1.165, 1.54) is 18.9 Å². The Balaban J connectivity index is 1.87. The minimum absolute atomic E-state index is 0.0870. The zero-order valence-corrected chi connectivity index (χ0v) is 17.8. The quantitative estimate of drug-likeness (QED) is 0.501. The van der Waals surface area contributed by atoms with Gasteiger partial charge in [-0.1, -0.05) is 30.3 Å². The number of rotatable bonds is 6. The van der Waals surface area contributed by atoms with Gasteiger partial charge in [0.25, 0.3) is 11.5 Å². The Bertz CT molecular complexity index is 1360. The molecule has 0 radical (unpaired) electrons. The van der Waals surface area contributed by atoms with Gasteiger partial charge in [-0.15, -0.1) is 0 Å². The molecular weight excluding hydrogens is 410 g/mol. The number of methoxy groups -OCH3 is 3. The predicted octanol–water partition coefficient (Wildman–Crippen LogP) is 3.66. The third-order valence-corrected chi connectivity index (χ3v) is 4.99. The fourth-order valence-electron chi connectivity index (χ4n) is 3.41.